The van der Waals surface area contributed by atoms with Crippen LogP contribution in [0.4, 0.5) is 13.2 Å². The average Bonchev–Trinajstić information content (AvgIpc) is 2.37. The Labute approximate surface area is 122 Å². The molecule has 0 bridgehead atoms. The third kappa shape index (κ3) is 5.21. The van der Waals surface area contributed by atoms with Gasteiger partial charge in [-0.25, -0.2) is 0 Å². The molecule has 0 unspecified atom stereocenters. The molecule has 0 heterocycles. The van der Waals surface area contributed by atoms with E-state index in [4.69, 9.17) is 5.73 Å². The van der Waals surface area contributed by atoms with Crippen molar-refractivity contribution in [2.24, 2.45) is 5.73 Å². The van der Waals surface area contributed by atoms with Gasteiger partial charge in [-0.05, 0) is 50.4 Å². The summed E-state index contributed by atoms with van der Waals surface area (Å²) in [5, 5.41) is 0. The Morgan fingerprint density at radius 1 is 1.24 bits per heavy atom. The van der Waals surface area contributed by atoms with Crippen LogP contribution in [0.15, 0.2) is 24.3 Å². The van der Waals surface area contributed by atoms with E-state index in [9.17, 15) is 13.2 Å². The van der Waals surface area contributed by atoms with E-state index in [1.807, 2.05) is 13.1 Å². The van der Waals surface area contributed by atoms with Crippen molar-refractivity contribution in [2.45, 2.75) is 50.7 Å². The standard InChI is InChI=1S/C15H21F3N2O/c1-20(13-7-5-12(19)6-8-13)10-11-3-2-4-14(9-11)21-15(16,17)18/h2-4,9,12-13H,5-8,10,19H2,1H3. The molecule has 3 nitrogen and oxygen atoms in total. The number of ether oxygens (including phenoxy) is 1. The van der Waals surface area contributed by atoms with Crippen LogP contribution in [0.2, 0.25) is 0 Å². The predicted molar refractivity (Wildman–Crippen MR) is 74.8 cm³/mol. The topological polar surface area (TPSA) is 38.5 Å². The van der Waals surface area contributed by atoms with Crippen molar-refractivity contribution < 1.29 is 17.9 Å². The first-order valence-corrected chi connectivity index (χ1v) is 7.14. The van der Waals surface area contributed by atoms with Crippen LogP contribution in [-0.2, 0) is 6.54 Å². The molecule has 0 radical (unpaired) electrons. The second-order valence-electron chi connectivity index (χ2n) is 5.68. The summed E-state index contributed by atoms with van der Waals surface area (Å²) in [6.07, 6.45) is -0.560. The van der Waals surface area contributed by atoms with Gasteiger partial charge in [0.1, 0.15) is 5.75 Å². The minimum absolute atomic E-state index is 0.168. The van der Waals surface area contributed by atoms with E-state index in [1.54, 1.807) is 6.07 Å². The predicted octanol–water partition coefficient (Wildman–Crippen LogP) is 3.29. The maximum Gasteiger partial charge on any atom is 0.573 e. The van der Waals surface area contributed by atoms with E-state index in [2.05, 4.69) is 9.64 Å². The molecule has 1 aliphatic rings. The molecule has 0 amide bonds. The van der Waals surface area contributed by atoms with Crippen molar-refractivity contribution >= 4 is 0 Å². The van der Waals surface area contributed by atoms with Crippen molar-refractivity contribution in [3.8, 4) is 5.75 Å². The van der Waals surface area contributed by atoms with E-state index in [0.717, 1.165) is 31.2 Å². The van der Waals surface area contributed by atoms with Crippen LogP contribution in [0.3, 0.4) is 0 Å². The molecule has 0 aliphatic heterocycles. The fourth-order valence-corrected chi connectivity index (χ4v) is 2.80. The summed E-state index contributed by atoms with van der Waals surface area (Å²) in [4.78, 5) is 2.18. The zero-order chi connectivity index (χ0) is 15.5. The van der Waals surface area contributed by atoms with E-state index < -0.39 is 6.36 Å². The normalized spacial score (nSPS) is 23.3. The maximum absolute atomic E-state index is 12.2. The van der Waals surface area contributed by atoms with Crippen molar-refractivity contribution in [2.75, 3.05) is 7.05 Å². The first-order valence-electron chi connectivity index (χ1n) is 7.14. The zero-order valence-electron chi connectivity index (χ0n) is 12.1. The first-order chi connectivity index (χ1) is 9.83. The Morgan fingerprint density at radius 3 is 2.52 bits per heavy atom. The van der Waals surface area contributed by atoms with E-state index in [-0.39, 0.29) is 11.8 Å². The monoisotopic (exact) mass is 302 g/mol. The van der Waals surface area contributed by atoms with Crippen LogP contribution >= 0.6 is 0 Å². The molecule has 1 aromatic carbocycles. The maximum atomic E-state index is 12.2. The zero-order valence-corrected chi connectivity index (χ0v) is 12.1. The van der Waals surface area contributed by atoms with Gasteiger partial charge in [0.25, 0.3) is 0 Å². The van der Waals surface area contributed by atoms with Crippen LogP contribution in [0.5, 0.6) is 5.75 Å². The number of hydrogen-bond donors (Lipinski definition) is 1. The van der Waals surface area contributed by atoms with Gasteiger partial charge in [0, 0.05) is 18.6 Å². The minimum Gasteiger partial charge on any atom is -0.406 e. The number of nitrogens with zero attached hydrogens (tertiary/aromatic N) is 1. The van der Waals surface area contributed by atoms with Crippen LogP contribution in [0, 0.1) is 0 Å². The van der Waals surface area contributed by atoms with E-state index in [1.165, 1.54) is 12.1 Å². The lowest BCUT2D eigenvalue weighted by Crippen LogP contribution is -2.38. The minimum atomic E-state index is -4.65. The quantitative estimate of drug-likeness (QED) is 0.927. The van der Waals surface area contributed by atoms with Gasteiger partial charge < -0.3 is 10.5 Å². The van der Waals surface area contributed by atoms with Gasteiger partial charge in [0.2, 0.25) is 0 Å². The third-order valence-electron chi connectivity index (χ3n) is 3.93. The first kappa shape index (κ1) is 16.1. The Morgan fingerprint density at radius 2 is 1.90 bits per heavy atom. The van der Waals surface area contributed by atoms with Crippen LogP contribution in [-0.4, -0.2) is 30.4 Å². The lowest BCUT2D eigenvalue weighted by molar-refractivity contribution is -0.274. The Bertz CT molecular complexity index is 456. The highest BCUT2D eigenvalue weighted by atomic mass is 19.4. The largest absolute Gasteiger partial charge is 0.573 e. The van der Waals surface area contributed by atoms with Crippen molar-refractivity contribution in [1.82, 2.24) is 4.90 Å². The summed E-state index contributed by atoms with van der Waals surface area (Å²) >= 11 is 0. The van der Waals surface area contributed by atoms with Crippen molar-refractivity contribution in [3.05, 3.63) is 29.8 Å². The third-order valence-corrected chi connectivity index (χ3v) is 3.93. The molecule has 0 saturated heterocycles. The molecule has 0 aromatic heterocycles. The number of alkyl halides is 3. The Balaban J connectivity index is 1.94. The van der Waals surface area contributed by atoms with Gasteiger partial charge >= 0.3 is 6.36 Å². The number of halogens is 3. The van der Waals surface area contributed by atoms with Crippen molar-refractivity contribution in [3.63, 3.8) is 0 Å². The van der Waals surface area contributed by atoms with Gasteiger partial charge in [0.15, 0.2) is 0 Å². The van der Waals surface area contributed by atoms with Crippen molar-refractivity contribution in [1.29, 1.82) is 0 Å². The molecule has 21 heavy (non-hydrogen) atoms. The molecule has 6 heteroatoms. The number of benzene rings is 1. The van der Waals surface area contributed by atoms with Gasteiger partial charge in [-0.1, -0.05) is 12.1 Å². The van der Waals surface area contributed by atoms with Gasteiger partial charge in [-0.3, -0.25) is 4.90 Å². The Kier molecular flexibility index (Phi) is 5.11. The molecule has 1 aliphatic carbocycles. The summed E-state index contributed by atoms with van der Waals surface area (Å²) in [6, 6.07) is 6.89. The summed E-state index contributed by atoms with van der Waals surface area (Å²) in [5.74, 6) is -0.168. The molecule has 2 rings (SSSR count). The fraction of sp³-hybridized carbons (Fsp3) is 0.600. The second-order valence-corrected chi connectivity index (χ2v) is 5.68. The average molecular weight is 302 g/mol. The van der Waals surface area contributed by atoms with Gasteiger partial charge in [0.05, 0.1) is 0 Å². The highest BCUT2D eigenvalue weighted by Crippen LogP contribution is 2.25. The smallest absolute Gasteiger partial charge is 0.406 e. The SMILES string of the molecule is CN(Cc1cccc(OC(F)(F)F)c1)C1CCC(N)CC1. The van der Waals surface area contributed by atoms with E-state index in [0.29, 0.717) is 12.6 Å². The molecule has 0 atom stereocenters. The fourth-order valence-electron chi connectivity index (χ4n) is 2.80. The number of hydrogen-bond acceptors (Lipinski definition) is 3. The van der Waals surface area contributed by atoms with E-state index >= 15 is 0 Å². The summed E-state index contributed by atoms with van der Waals surface area (Å²) in [7, 11) is 2.00. The molecule has 118 valence electrons. The highest BCUT2D eigenvalue weighted by Gasteiger charge is 2.31. The molecule has 0 spiro atoms. The lowest BCUT2D eigenvalue weighted by atomic mass is 9.91. The number of rotatable bonds is 4. The molecular weight excluding hydrogens is 281 g/mol. The molecule has 1 saturated carbocycles. The molecule has 1 aromatic rings. The lowest BCUT2D eigenvalue weighted by Gasteiger charge is -2.33. The molecule has 1 fully saturated rings. The summed E-state index contributed by atoms with van der Waals surface area (Å²) < 4.78 is 40.6. The summed E-state index contributed by atoms with van der Waals surface area (Å²) in [6.45, 7) is 0.606. The van der Waals surface area contributed by atoms with Gasteiger partial charge in [-0.15, -0.1) is 13.2 Å². The molecular formula is C15H21F3N2O. The number of nitrogens with two attached hydrogens (primary N) is 1. The highest BCUT2D eigenvalue weighted by molar-refractivity contribution is 5.28. The van der Waals surface area contributed by atoms with Gasteiger partial charge in [-0.2, -0.15) is 0 Å². The van der Waals surface area contributed by atoms with Crippen LogP contribution < -0.4 is 10.5 Å². The summed E-state index contributed by atoms with van der Waals surface area (Å²) in [5.41, 5.74) is 6.70. The molecule has 2 N–H and O–H groups in total. The Hall–Kier alpha value is -1.27. The van der Waals surface area contributed by atoms with Crippen LogP contribution in [0.1, 0.15) is 31.2 Å². The second kappa shape index (κ2) is 6.66. The van der Waals surface area contributed by atoms with Crippen LogP contribution in [0.25, 0.3) is 0 Å².